The monoisotopic (exact) mass is 398 g/mol. The van der Waals surface area contributed by atoms with Gasteiger partial charge in [-0.1, -0.05) is 18.2 Å². The predicted molar refractivity (Wildman–Crippen MR) is 105 cm³/mol. The lowest BCUT2D eigenvalue weighted by Gasteiger charge is -2.34. The van der Waals surface area contributed by atoms with Crippen LogP contribution in [0.4, 0.5) is 0 Å². The molecule has 4 rings (SSSR count). The molecule has 1 amide bonds. The van der Waals surface area contributed by atoms with Crippen molar-refractivity contribution in [3.05, 3.63) is 70.1 Å². The molecule has 6 nitrogen and oxygen atoms in total. The number of carbonyl (C=O) groups excluding carboxylic acids is 1. The van der Waals surface area contributed by atoms with E-state index in [2.05, 4.69) is 4.98 Å². The van der Waals surface area contributed by atoms with E-state index in [1.54, 1.807) is 0 Å². The fourth-order valence-electron chi connectivity index (χ4n) is 3.19. The number of morpholine rings is 1. The summed E-state index contributed by atoms with van der Waals surface area (Å²) >= 11 is 1.51. The lowest BCUT2D eigenvalue weighted by atomic mass is 10.1. The molecule has 146 valence electrons. The van der Waals surface area contributed by atoms with Crippen LogP contribution in [0.25, 0.3) is 0 Å². The number of nitrogens with zero attached hydrogens (tertiary/aromatic N) is 2. The summed E-state index contributed by atoms with van der Waals surface area (Å²) in [6.07, 6.45) is 0.262. The van der Waals surface area contributed by atoms with Crippen LogP contribution in [0.1, 0.15) is 28.3 Å². The molecule has 1 aliphatic heterocycles. The van der Waals surface area contributed by atoms with E-state index in [9.17, 15) is 4.79 Å². The van der Waals surface area contributed by atoms with Gasteiger partial charge in [0.05, 0.1) is 25.3 Å². The van der Waals surface area contributed by atoms with Gasteiger partial charge in [-0.2, -0.15) is 0 Å². The molecule has 1 aliphatic rings. The van der Waals surface area contributed by atoms with Crippen LogP contribution in [0.2, 0.25) is 0 Å². The number of ether oxygens (including phenoxy) is 2. The van der Waals surface area contributed by atoms with E-state index in [0.717, 1.165) is 28.0 Å². The molecule has 0 radical (unpaired) electrons. The van der Waals surface area contributed by atoms with E-state index in [1.165, 1.54) is 11.3 Å². The van der Waals surface area contributed by atoms with Crippen LogP contribution in [0.3, 0.4) is 0 Å². The zero-order valence-corrected chi connectivity index (χ0v) is 16.5. The van der Waals surface area contributed by atoms with Gasteiger partial charge in [-0.05, 0) is 31.2 Å². The van der Waals surface area contributed by atoms with Crippen LogP contribution in [-0.2, 0) is 22.6 Å². The topological polar surface area (TPSA) is 64.8 Å². The molecule has 1 saturated heterocycles. The Labute approximate surface area is 167 Å². The molecule has 3 heterocycles. The van der Waals surface area contributed by atoms with Gasteiger partial charge in [0.15, 0.2) is 0 Å². The first-order valence-electron chi connectivity index (χ1n) is 9.24. The zero-order valence-electron chi connectivity index (χ0n) is 15.7. The first-order chi connectivity index (χ1) is 13.7. The van der Waals surface area contributed by atoms with E-state index in [-0.39, 0.29) is 18.4 Å². The summed E-state index contributed by atoms with van der Waals surface area (Å²) in [6.45, 7) is 3.83. The SMILES string of the molecule is Cc1ccc(C2COCCN2C(=O)Cc2csc(COc3ccccc3)n2)o1. The lowest BCUT2D eigenvalue weighted by molar-refractivity contribution is -0.140. The Balaban J connectivity index is 1.38. The molecule has 28 heavy (non-hydrogen) atoms. The minimum Gasteiger partial charge on any atom is -0.486 e. The summed E-state index contributed by atoms with van der Waals surface area (Å²) < 4.78 is 17.0. The number of thiazole rings is 1. The Morgan fingerprint density at radius 3 is 2.93 bits per heavy atom. The summed E-state index contributed by atoms with van der Waals surface area (Å²) in [5.74, 6) is 2.43. The molecular weight excluding hydrogens is 376 g/mol. The summed E-state index contributed by atoms with van der Waals surface area (Å²) in [6, 6.07) is 13.3. The largest absolute Gasteiger partial charge is 0.486 e. The average Bonchev–Trinajstić information content (AvgIpc) is 3.36. The second-order valence-corrected chi connectivity index (χ2v) is 7.58. The molecule has 0 aliphatic carbocycles. The Morgan fingerprint density at radius 1 is 1.29 bits per heavy atom. The van der Waals surface area contributed by atoms with Crippen LogP contribution in [-0.4, -0.2) is 35.5 Å². The third-order valence-corrected chi connectivity index (χ3v) is 5.45. The highest BCUT2D eigenvalue weighted by Crippen LogP contribution is 2.27. The summed E-state index contributed by atoms with van der Waals surface area (Å²) in [5.41, 5.74) is 0.766. The second kappa shape index (κ2) is 8.58. The number of amides is 1. The molecular formula is C21H22N2O4S. The van der Waals surface area contributed by atoms with Crippen molar-refractivity contribution in [3.8, 4) is 5.75 Å². The molecule has 0 bridgehead atoms. The highest BCUT2D eigenvalue weighted by Gasteiger charge is 2.31. The number of aryl methyl sites for hydroxylation is 1. The third kappa shape index (κ3) is 4.43. The number of rotatable bonds is 6. The molecule has 0 saturated carbocycles. The molecule has 3 aromatic rings. The van der Waals surface area contributed by atoms with Crippen LogP contribution in [0.15, 0.2) is 52.3 Å². The minimum absolute atomic E-state index is 0.0307. The van der Waals surface area contributed by atoms with Crippen molar-refractivity contribution >= 4 is 17.2 Å². The highest BCUT2D eigenvalue weighted by atomic mass is 32.1. The van der Waals surface area contributed by atoms with Crippen molar-refractivity contribution < 1.29 is 18.7 Å². The van der Waals surface area contributed by atoms with Crippen molar-refractivity contribution in [1.29, 1.82) is 0 Å². The van der Waals surface area contributed by atoms with Gasteiger partial charge in [-0.15, -0.1) is 11.3 Å². The van der Waals surface area contributed by atoms with E-state index in [0.29, 0.717) is 26.4 Å². The molecule has 1 unspecified atom stereocenters. The van der Waals surface area contributed by atoms with Gasteiger partial charge in [-0.25, -0.2) is 4.98 Å². The predicted octanol–water partition coefficient (Wildman–Crippen LogP) is 3.77. The van der Waals surface area contributed by atoms with Crippen molar-refractivity contribution in [2.75, 3.05) is 19.8 Å². The van der Waals surface area contributed by atoms with Gasteiger partial charge < -0.3 is 18.8 Å². The standard InChI is InChI=1S/C21H22N2O4S/c1-15-7-8-19(27-15)18-12-25-10-9-23(18)21(24)11-16-14-28-20(22-16)13-26-17-5-3-2-4-6-17/h2-8,14,18H,9-13H2,1H3. The quantitative estimate of drug-likeness (QED) is 0.632. The number of aromatic nitrogens is 1. The van der Waals surface area contributed by atoms with Crippen molar-refractivity contribution in [2.24, 2.45) is 0 Å². The first-order valence-corrected chi connectivity index (χ1v) is 10.1. The highest BCUT2D eigenvalue weighted by molar-refractivity contribution is 7.09. The minimum atomic E-state index is -0.186. The van der Waals surface area contributed by atoms with Gasteiger partial charge in [0.2, 0.25) is 5.91 Å². The fraction of sp³-hybridized carbons (Fsp3) is 0.333. The number of furan rings is 1. The zero-order chi connectivity index (χ0) is 19.3. The van der Waals surface area contributed by atoms with Crippen molar-refractivity contribution in [1.82, 2.24) is 9.88 Å². The normalized spacial score (nSPS) is 16.9. The van der Waals surface area contributed by atoms with Crippen LogP contribution < -0.4 is 4.74 Å². The van der Waals surface area contributed by atoms with E-state index in [4.69, 9.17) is 13.9 Å². The van der Waals surface area contributed by atoms with Gasteiger partial charge >= 0.3 is 0 Å². The van der Waals surface area contributed by atoms with Gasteiger partial charge in [0, 0.05) is 11.9 Å². The molecule has 1 atom stereocenters. The Hall–Kier alpha value is -2.64. The van der Waals surface area contributed by atoms with Crippen LogP contribution in [0, 0.1) is 6.92 Å². The number of carbonyl (C=O) groups is 1. The first kappa shape index (κ1) is 18.7. The number of para-hydroxylation sites is 1. The smallest absolute Gasteiger partial charge is 0.229 e. The maximum absolute atomic E-state index is 12.9. The van der Waals surface area contributed by atoms with Gasteiger partial charge in [0.25, 0.3) is 0 Å². The number of hydrogen-bond acceptors (Lipinski definition) is 6. The molecule has 0 N–H and O–H groups in total. The summed E-state index contributed by atoms with van der Waals surface area (Å²) in [7, 11) is 0. The van der Waals surface area contributed by atoms with Crippen LogP contribution in [0.5, 0.6) is 5.75 Å². The fourth-order valence-corrected chi connectivity index (χ4v) is 3.89. The van der Waals surface area contributed by atoms with Gasteiger partial charge in [-0.3, -0.25) is 4.79 Å². The molecule has 7 heteroatoms. The van der Waals surface area contributed by atoms with Crippen molar-refractivity contribution in [2.45, 2.75) is 26.0 Å². The van der Waals surface area contributed by atoms with Crippen molar-refractivity contribution in [3.63, 3.8) is 0 Å². The average molecular weight is 398 g/mol. The Morgan fingerprint density at radius 2 is 2.14 bits per heavy atom. The summed E-state index contributed by atoms with van der Waals surface area (Å²) in [5, 5.41) is 2.78. The molecule has 1 aromatic carbocycles. The summed E-state index contributed by atoms with van der Waals surface area (Å²) in [4.78, 5) is 19.3. The van der Waals surface area contributed by atoms with Gasteiger partial charge in [0.1, 0.15) is 34.9 Å². The van der Waals surface area contributed by atoms with E-state index < -0.39 is 0 Å². The maximum Gasteiger partial charge on any atom is 0.229 e. The third-order valence-electron chi connectivity index (χ3n) is 4.58. The second-order valence-electron chi connectivity index (χ2n) is 6.64. The lowest BCUT2D eigenvalue weighted by Crippen LogP contribution is -2.44. The van der Waals surface area contributed by atoms with E-state index in [1.807, 2.05) is 59.7 Å². The number of benzene rings is 1. The Kier molecular flexibility index (Phi) is 5.73. The van der Waals surface area contributed by atoms with E-state index >= 15 is 0 Å². The van der Waals surface area contributed by atoms with Crippen LogP contribution >= 0.6 is 11.3 Å². The molecule has 2 aromatic heterocycles. The maximum atomic E-state index is 12.9. The molecule has 0 spiro atoms. The number of hydrogen-bond donors (Lipinski definition) is 0. The Bertz CT molecular complexity index is 921. The molecule has 1 fully saturated rings.